The topological polar surface area (TPSA) is 40.5 Å². The number of benzene rings is 2. The van der Waals surface area contributed by atoms with Gasteiger partial charge in [-0.2, -0.15) is 0 Å². The normalized spacial score (nSPS) is 11.6. The lowest BCUT2D eigenvalue weighted by Gasteiger charge is -2.28. The zero-order chi connectivity index (χ0) is 14.2. The van der Waals surface area contributed by atoms with E-state index in [1.165, 1.54) is 0 Å². The summed E-state index contributed by atoms with van der Waals surface area (Å²) in [5.74, 6) is 0.537. The molecule has 0 spiro atoms. The Hall–Kier alpha value is -1.96. The van der Waals surface area contributed by atoms with Crippen molar-refractivity contribution in [3.8, 4) is 11.5 Å². The Morgan fingerprint density at radius 3 is 1.42 bits per heavy atom. The van der Waals surface area contributed by atoms with E-state index in [1.54, 1.807) is 12.1 Å². The lowest BCUT2D eigenvalue weighted by atomic mass is 9.77. The van der Waals surface area contributed by atoms with E-state index in [0.717, 1.165) is 22.3 Å². The molecule has 100 valence electrons. The van der Waals surface area contributed by atoms with Crippen LogP contribution in [0.3, 0.4) is 0 Å². The van der Waals surface area contributed by atoms with Crippen molar-refractivity contribution in [2.24, 2.45) is 0 Å². The van der Waals surface area contributed by atoms with Crippen molar-refractivity contribution >= 4 is 0 Å². The van der Waals surface area contributed by atoms with Crippen molar-refractivity contribution < 1.29 is 10.2 Å². The monoisotopic (exact) mass is 256 g/mol. The Labute approximate surface area is 114 Å². The van der Waals surface area contributed by atoms with Gasteiger partial charge in [-0.05, 0) is 37.1 Å². The number of hydrogen-bond acceptors (Lipinski definition) is 2. The molecule has 0 aliphatic heterocycles. The van der Waals surface area contributed by atoms with Crippen LogP contribution in [0.5, 0.6) is 11.5 Å². The molecule has 2 rings (SSSR count). The van der Waals surface area contributed by atoms with Crippen LogP contribution in [0.2, 0.25) is 0 Å². The van der Waals surface area contributed by atoms with Gasteiger partial charge in [-0.1, -0.05) is 38.1 Å². The second-order valence-electron chi connectivity index (χ2n) is 5.67. The van der Waals surface area contributed by atoms with E-state index in [9.17, 15) is 10.2 Å². The van der Waals surface area contributed by atoms with Crippen molar-refractivity contribution in [2.45, 2.75) is 33.1 Å². The van der Waals surface area contributed by atoms with E-state index in [2.05, 4.69) is 0 Å². The van der Waals surface area contributed by atoms with Crippen LogP contribution in [0.1, 0.15) is 36.1 Å². The van der Waals surface area contributed by atoms with Crippen molar-refractivity contribution in [3.05, 3.63) is 58.7 Å². The maximum atomic E-state index is 10.2. The lowest BCUT2D eigenvalue weighted by molar-refractivity contribution is 0.435. The predicted octanol–water partition coefficient (Wildman–Crippen LogP) is 4.04. The first-order valence-electron chi connectivity index (χ1n) is 6.42. The molecular formula is C17H20O2. The van der Waals surface area contributed by atoms with E-state index in [4.69, 9.17) is 0 Å². The molecular weight excluding hydrogens is 236 g/mol. The molecule has 2 heteroatoms. The zero-order valence-corrected chi connectivity index (χ0v) is 11.9. The van der Waals surface area contributed by atoms with Crippen LogP contribution in [0.4, 0.5) is 0 Å². The van der Waals surface area contributed by atoms with Crippen molar-refractivity contribution in [1.82, 2.24) is 0 Å². The third-order valence-corrected chi connectivity index (χ3v) is 3.65. The maximum absolute atomic E-state index is 10.2. The molecule has 19 heavy (non-hydrogen) atoms. The van der Waals surface area contributed by atoms with E-state index in [-0.39, 0.29) is 11.5 Å². The van der Waals surface area contributed by atoms with Gasteiger partial charge >= 0.3 is 0 Å². The van der Waals surface area contributed by atoms with Gasteiger partial charge in [-0.15, -0.1) is 0 Å². The maximum Gasteiger partial charge on any atom is 0.119 e. The van der Waals surface area contributed by atoms with Gasteiger partial charge in [0.1, 0.15) is 11.5 Å². The molecule has 0 saturated heterocycles. The minimum Gasteiger partial charge on any atom is -0.508 e. The highest BCUT2D eigenvalue weighted by atomic mass is 16.3. The number of hydrogen-bond donors (Lipinski definition) is 2. The van der Waals surface area contributed by atoms with Crippen LogP contribution in [-0.4, -0.2) is 10.2 Å². The Bertz CT molecular complexity index is 559. The third-order valence-electron chi connectivity index (χ3n) is 3.65. The SMILES string of the molecule is Cc1ccc(C(C)(C)c2ccc(C)cc2O)c(O)c1. The second-order valence-corrected chi connectivity index (χ2v) is 5.67. The predicted molar refractivity (Wildman–Crippen MR) is 77.8 cm³/mol. The van der Waals surface area contributed by atoms with Crippen LogP contribution in [-0.2, 0) is 5.41 Å². The van der Waals surface area contributed by atoms with Crippen molar-refractivity contribution in [3.63, 3.8) is 0 Å². The van der Waals surface area contributed by atoms with Crippen LogP contribution < -0.4 is 0 Å². The summed E-state index contributed by atoms with van der Waals surface area (Å²) in [6, 6.07) is 11.3. The van der Waals surface area contributed by atoms with Gasteiger partial charge in [-0.3, -0.25) is 0 Å². The van der Waals surface area contributed by atoms with E-state index >= 15 is 0 Å². The standard InChI is InChI=1S/C17H20O2/c1-11-5-7-13(15(18)9-11)17(3,4)14-8-6-12(2)10-16(14)19/h5-10,18-19H,1-4H3. The molecule has 2 aromatic carbocycles. The number of phenolic OH excluding ortho intramolecular Hbond substituents is 2. The first kappa shape index (κ1) is 13.5. The highest BCUT2D eigenvalue weighted by Gasteiger charge is 2.28. The van der Waals surface area contributed by atoms with Gasteiger partial charge in [0.25, 0.3) is 0 Å². The van der Waals surface area contributed by atoms with Crippen molar-refractivity contribution in [2.75, 3.05) is 0 Å². The molecule has 0 amide bonds. The summed E-state index contributed by atoms with van der Waals surface area (Å²) in [7, 11) is 0. The minimum atomic E-state index is -0.449. The molecule has 0 aromatic heterocycles. The fourth-order valence-electron chi connectivity index (χ4n) is 2.49. The van der Waals surface area contributed by atoms with E-state index in [1.807, 2.05) is 52.0 Å². The Morgan fingerprint density at radius 1 is 0.737 bits per heavy atom. The fraction of sp³-hybridized carbons (Fsp3) is 0.294. The van der Waals surface area contributed by atoms with Crippen LogP contribution >= 0.6 is 0 Å². The molecule has 0 fully saturated rings. The molecule has 0 heterocycles. The summed E-state index contributed by atoms with van der Waals surface area (Å²) >= 11 is 0. The zero-order valence-electron chi connectivity index (χ0n) is 11.9. The van der Waals surface area contributed by atoms with Crippen LogP contribution in [0.25, 0.3) is 0 Å². The summed E-state index contributed by atoms with van der Waals surface area (Å²) in [5, 5.41) is 20.3. The molecule has 0 atom stereocenters. The van der Waals surface area contributed by atoms with E-state index in [0.29, 0.717) is 0 Å². The minimum absolute atomic E-state index is 0.268. The lowest BCUT2D eigenvalue weighted by Crippen LogP contribution is -2.19. The molecule has 0 radical (unpaired) electrons. The molecule has 2 nitrogen and oxygen atoms in total. The third kappa shape index (κ3) is 2.43. The molecule has 0 bridgehead atoms. The Balaban J connectivity index is 2.58. The van der Waals surface area contributed by atoms with Gasteiger partial charge in [0.2, 0.25) is 0 Å². The molecule has 0 aliphatic rings. The molecule has 0 saturated carbocycles. The first-order valence-corrected chi connectivity index (χ1v) is 6.42. The molecule has 0 unspecified atom stereocenters. The van der Waals surface area contributed by atoms with Gasteiger partial charge in [0, 0.05) is 16.5 Å². The number of rotatable bonds is 2. The van der Waals surface area contributed by atoms with Crippen molar-refractivity contribution in [1.29, 1.82) is 0 Å². The summed E-state index contributed by atoms with van der Waals surface area (Å²) in [6.45, 7) is 7.89. The highest BCUT2D eigenvalue weighted by molar-refractivity contribution is 5.51. The quantitative estimate of drug-likeness (QED) is 0.851. The average Bonchev–Trinajstić information content (AvgIpc) is 2.27. The molecule has 2 aromatic rings. The number of aromatic hydroxyl groups is 2. The van der Waals surface area contributed by atoms with Gasteiger partial charge in [0.15, 0.2) is 0 Å². The number of aryl methyl sites for hydroxylation is 2. The largest absolute Gasteiger partial charge is 0.508 e. The Morgan fingerprint density at radius 2 is 1.11 bits per heavy atom. The van der Waals surface area contributed by atoms with Gasteiger partial charge in [0.05, 0.1) is 0 Å². The number of phenols is 2. The van der Waals surface area contributed by atoms with Crippen LogP contribution in [0, 0.1) is 13.8 Å². The second kappa shape index (κ2) is 4.61. The molecule has 2 N–H and O–H groups in total. The van der Waals surface area contributed by atoms with Gasteiger partial charge < -0.3 is 10.2 Å². The molecule has 0 aliphatic carbocycles. The summed E-state index contributed by atoms with van der Waals surface area (Å²) in [4.78, 5) is 0. The first-order chi connectivity index (χ1) is 8.82. The summed E-state index contributed by atoms with van der Waals surface area (Å²) in [5.41, 5.74) is 3.22. The Kier molecular flexibility index (Phi) is 3.27. The van der Waals surface area contributed by atoms with Crippen LogP contribution in [0.15, 0.2) is 36.4 Å². The van der Waals surface area contributed by atoms with E-state index < -0.39 is 5.41 Å². The smallest absolute Gasteiger partial charge is 0.119 e. The fourth-order valence-corrected chi connectivity index (χ4v) is 2.49. The highest BCUT2D eigenvalue weighted by Crippen LogP contribution is 2.40. The summed E-state index contributed by atoms with van der Waals surface area (Å²) in [6.07, 6.45) is 0. The summed E-state index contributed by atoms with van der Waals surface area (Å²) < 4.78 is 0. The average molecular weight is 256 g/mol. The van der Waals surface area contributed by atoms with Gasteiger partial charge in [-0.25, -0.2) is 0 Å².